The Morgan fingerprint density at radius 1 is 1.67 bits per heavy atom. The molecule has 12 heavy (non-hydrogen) atoms. The van der Waals surface area contributed by atoms with E-state index in [0.717, 1.165) is 0 Å². The van der Waals surface area contributed by atoms with E-state index in [2.05, 4.69) is 4.98 Å². The highest BCUT2D eigenvalue weighted by Crippen LogP contribution is 2.00. The SMILES string of the molecule is CC(N)CC(=O)c1ccccn1. The Morgan fingerprint density at radius 3 is 2.92 bits per heavy atom. The molecule has 1 atom stereocenters. The van der Waals surface area contributed by atoms with Gasteiger partial charge in [0.15, 0.2) is 5.78 Å². The van der Waals surface area contributed by atoms with Crippen LogP contribution >= 0.6 is 0 Å². The molecule has 3 nitrogen and oxygen atoms in total. The van der Waals surface area contributed by atoms with Crippen molar-refractivity contribution in [1.82, 2.24) is 4.98 Å². The summed E-state index contributed by atoms with van der Waals surface area (Å²) >= 11 is 0. The first-order valence-electron chi connectivity index (χ1n) is 3.90. The van der Waals surface area contributed by atoms with Crippen LogP contribution in [0.1, 0.15) is 23.8 Å². The molecule has 0 bridgehead atoms. The third-order valence-corrected chi connectivity index (χ3v) is 1.46. The fourth-order valence-electron chi connectivity index (χ4n) is 0.925. The molecule has 1 unspecified atom stereocenters. The molecule has 1 aromatic heterocycles. The molecule has 3 heteroatoms. The second-order valence-corrected chi connectivity index (χ2v) is 2.82. The lowest BCUT2D eigenvalue weighted by Crippen LogP contribution is -2.20. The van der Waals surface area contributed by atoms with Crippen molar-refractivity contribution < 1.29 is 4.79 Å². The molecule has 0 fully saturated rings. The molecule has 0 aliphatic heterocycles. The van der Waals surface area contributed by atoms with Gasteiger partial charge in [-0.25, -0.2) is 0 Å². The van der Waals surface area contributed by atoms with Gasteiger partial charge in [0, 0.05) is 18.7 Å². The van der Waals surface area contributed by atoms with Gasteiger partial charge in [-0.3, -0.25) is 9.78 Å². The minimum Gasteiger partial charge on any atom is -0.328 e. The van der Waals surface area contributed by atoms with Crippen molar-refractivity contribution in [3.05, 3.63) is 30.1 Å². The van der Waals surface area contributed by atoms with Gasteiger partial charge in [0.2, 0.25) is 0 Å². The van der Waals surface area contributed by atoms with Gasteiger partial charge in [0.25, 0.3) is 0 Å². The van der Waals surface area contributed by atoms with Crippen LogP contribution in [0, 0.1) is 0 Å². The topological polar surface area (TPSA) is 56.0 Å². The molecular formula is C9H12N2O. The number of hydrogen-bond donors (Lipinski definition) is 1. The summed E-state index contributed by atoms with van der Waals surface area (Å²) in [6.45, 7) is 1.81. The maximum atomic E-state index is 11.3. The lowest BCUT2D eigenvalue weighted by atomic mass is 10.1. The van der Waals surface area contributed by atoms with Gasteiger partial charge in [-0.15, -0.1) is 0 Å². The summed E-state index contributed by atoms with van der Waals surface area (Å²) < 4.78 is 0. The summed E-state index contributed by atoms with van der Waals surface area (Å²) in [4.78, 5) is 15.2. The van der Waals surface area contributed by atoms with Gasteiger partial charge in [0.05, 0.1) is 0 Å². The molecule has 1 aromatic rings. The standard InChI is InChI=1S/C9H12N2O/c1-7(10)6-9(12)8-4-2-3-5-11-8/h2-5,7H,6,10H2,1H3. The minimum absolute atomic E-state index is 0.00519. The first-order valence-corrected chi connectivity index (χ1v) is 3.90. The summed E-state index contributed by atoms with van der Waals surface area (Å²) in [6, 6.07) is 5.17. The largest absolute Gasteiger partial charge is 0.328 e. The van der Waals surface area contributed by atoms with Gasteiger partial charge < -0.3 is 5.73 Å². The van der Waals surface area contributed by atoms with Gasteiger partial charge in [-0.2, -0.15) is 0 Å². The van der Waals surface area contributed by atoms with Crippen LogP contribution in [0.2, 0.25) is 0 Å². The summed E-state index contributed by atoms with van der Waals surface area (Å²) in [5.41, 5.74) is 5.98. The van der Waals surface area contributed by atoms with Gasteiger partial charge in [-0.1, -0.05) is 6.07 Å². The van der Waals surface area contributed by atoms with E-state index >= 15 is 0 Å². The number of carbonyl (C=O) groups excluding carboxylic acids is 1. The molecule has 0 aromatic carbocycles. The average Bonchev–Trinajstić information content (AvgIpc) is 2.05. The normalized spacial score (nSPS) is 12.5. The predicted octanol–water partition coefficient (Wildman–Crippen LogP) is 1.00. The highest BCUT2D eigenvalue weighted by atomic mass is 16.1. The molecule has 64 valence electrons. The van der Waals surface area contributed by atoms with Crippen molar-refractivity contribution in [3.63, 3.8) is 0 Å². The first-order chi connectivity index (χ1) is 5.70. The first kappa shape index (κ1) is 8.87. The second-order valence-electron chi connectivity index (χ2n) is 2.82. The number of hydrogen-bond acceptors (Lipinski definition) is 3. The Balaban J connectivity index is 2.66. The number of aromatic nitrogens is 1. The van der Waals surface area contributed by atoms with E-state index in [1.807, 2.05) is 0 Å². The minimum atomic E-state index is -0.0977. The van der Waals surface area contributed by atoms with Crippen LogP contribution in [-0.2, 0) is 0 Å². The van der Waals surface area contributed by atoms with Gasteiger partial charge >= 0.3 is 0 Å². The summed E-state index contributed by atoms with van der Waals surface area (Å²) in [6.07, 6.45) is 1.96. The van der Waals surface area contributed by atoms with Gasteiger partial charge in [-0.05, 0) is 19.1 Å². The molecule has 0 aliphatic carbocycles. The molecule has 1 rings (SSSR count). The molecule has 2 N–H and O–H groups in total. The fourth-order valence-corrected chi connectivity index (χ4v) is 0.925. The van der Waals surface area contributed by atoms with Crippen LogP contribution in [0.25, 0.3) is 0 Å². The molecular weight excluding hydrogens is 152 g/mol. The van der Waals surface area contributed by atoms with E-state index in [1.54, 1.807) is 31.3 Å². The number of carbonyl (C=O) groups is 1. The van der Waals surface area contributed by atoms with Crippen molar-refractivity contribution in [2.45, 2.75) is 19.4 Å². The van der Waals surface area contributed by atoms with E-state index in [4.69, 9.17) is 5.73 Å². The number of Topliss-reactive ketones (excluding diaryl/α,β-unsaturated/α-hetero) is 1. The Bertz CT molecular complexity index is 256. The molecule has 0 amide bonds. The Morgan fingerprint density at radius 2 is 2.42 bits per heavy atom. The van der Waals surface area contributed by atoms with Crippen molar-refractivity contribution >= 4 is 5.78 Å². The Labute approximate surface area is 71.6 Å². The third-order valence-electron chi connectivity index (χ3n) is 1.46. The number of nitrogens with two attached hydrogens (primary N) is 1. The number of ketones is 1. The monoisotopic (exact) mass is 164 g/mol. The van der Waals surface area contributed by atoms with Crippen molar-refractivity contribution in [2.75, 3.05) is 0 Å². The van der Waals surface area contributed by atoms with Crippen LogP contribution in [0.3, 0.4) is 0 Å². The lowest BCUT2D eigenvalue weighted by molar-refractivity contribution is 0.0972. The number of nitrogens with zero attached hydrogens (tertiary/aromatic N) is 1. The summed E-state index contributed by atoms with van der Waals surface area (Å²) in [7, 11) is 0. The molecule has 0 radical (unpaired) electrons. The maximum Gasteiger partial charge on any atom is 0.182 e. The third kappa shape index (κ3) is 2.43. The van der Waals surface area contributed by atoms with E-state index < -0.39 is 0 Å². The molecule has 0 spiro atoms. The van der Waals surface area contributed by atoms with Gasteiger partial charge in [0.1, 0.15) is 5.69 Å². The molecule has 0 saturated heterocycles. The number of rotatable bonds is 3. The quantitative estimate of drug-likeness (QED) is 0.678. The predicted molar refractivity (Wildman–Crippen MR) is 46.8 cm³/mol. The van der Waals surface area contributed by atoms with E-state index in [-0.39, 0.29) is 11.8 Å². The Hall–Kier alpha value is -1.22. The van der Waals surface area contributed by atoms with Crippen LogP contribution in [0.5, 0.6) is 0 Å². The lowest BCUT2D eigenvalue weighted by Gasteiger charge is -2.02. The highest BCUT2D eigenvalue weighted by molar-refractivity contribution is 5.94. The maximum absolute atomic E-state index is 11.3. The fraction of sp³-hybridized carbons (Fsp3) is 0.333. The molecule has 0 aliphatic rings. The Kier molecular flexibility index (Phi) is 2.94. The summed E-state index contributed by atoms with van der Waals surface area (Å²) in [5, 5.41) is 0. The smallest absolute Gasteiger partial charge is 0.182 e. The van der Waals surface area contributed by atoms with Crippen LogP contribution in [-0.4, -0.2) is 16.8 Å². The van der Waals surface area contributed by atoms with Crippen molar-refractivity contribution in [3.8, 4) is 0 Å². The molecule has 1 heterocycles. The molecule has 0 saturated carbocycles. The van der Waals surface area contributed by atoms with Crippen LogP contribution in [0.4, 0.5) is 0 Å². The van der Waals surface area contributed by atoms with Crippen LogP contribution < -0.4 is 5.73 Å². The van der Waals surface area contributed by atoms with Crippen LogP contribution in [0.15, 0.2) is 24.4 Å². The van der Waals surface area contributed by atoms with E-state index in [1.165, 1.54) is 0 Å². The zero-order valence-corrected chi connectivity index (χ0v) is 7.03. The number of pyridine rings is 1. The zero-order chi connectivity index (χ0) is 8.97. The average molecular weight is 164 g/mol. The summed E-state index contributed by atoms with van der Waals surface area (Å²) in [5.74, 6) is 0.00519. The second kappa shape index (κ2) is 3.97. The van der Waals surface area contributed by atoms with E-state index in [9.17, 15) is 4.79 Å². The highest BCUT2D eigenvalue weighted by Gasteiger charge is 2.07. The van der Waals surface area contributed by atoms with Crippen molar-refractivity contribution in [1.29, 1.82) is 0 Å². The van der Waals surface area contributed by atoms with E-state index in [0.29, 0.717) is 12.1 Å². The van der Waals surface area contributed by atoms with Crippen molar-refractivity contribution in [2.24, 2.45) is 5.73 Å². The zero-order valence-electron chi connectivity index (χ0n) is 7.03.